The Morgan fingerprint density at radius 2 is 2.08 bits per heavy atom. The van der Waals surface area contributed by atoms with Crippen molar-refractivity contribution in [3.8, 4) is 0 Å². The molecule has 1 aromatic carbocycles. The van der Waals surface area contributed by atoms with Crippen LogP contribution in [0.15, 0.2) is 34.9 Å². The van der Waals surface area contributed by atoms with Gasteiger partial charge in [-0.1, -0.05) is 12.1 Å². The Labute approximate surface area is 152 Å². The number of anilines is 1. The number of aromatic nitrogens is 1. The molecule has 0 radical (unpaired) electrons. The van der Waals surface area contributed by atoms with Crippen molar-refractivity contribution in [1.82, 2.24) is 10.1 Å². The Morgan fingerprint density at radius 1 is 1.31 bits per heavy atom. The molecule has 7 nitrogen and oxygen atoms in total. The third kappa shape index (κ3) is 3.87. The third-order valence-corrected chi connectivity index (χ3v) is 4.43. The monoisotopic (exact) mass is 357 g/mol. The number of carbonyl (C=O) groups excluding carboxylic acids is 2. The maximum Gasteiger partial charge on any atom is 0.338 e. The molecule has 1 aromatic heterocycles. The van der Waals surface area contributed by atoms with Crippen LogP contribution in [0.5, 0.6) is 0 Å². The van der Waals surface area contributed by atoms with Crippen LogP contribution >= 0.6 is 0 Å². The minimum absolute atomic E-state index is 0.0957. The highest BCUT2D eigenvalue weighted by atomic mass is 16.5. The highest BCUT2D eigenvalue weighted by Gasteiger charge is 2.32. The fourth-order valence-electron chi connectivity index (χ4n) is 3.06. The Hall–Kier alpha value is -2.83. The first-order valence-corrected chi connectivity index (χ1v) is 8.92. The minimum atomic E-state index is -0.373. The predicted molar refractivity (Wildman–Crippen MR) is 96.0 cm³/mol. The number of ether oxygens (including phenoxy) is 1. The summed E-state index contributed by atoms with van der Waals surface area (Å²) in [7, 11) is 0. The van der Waals surface area contributed by atoms with E-state index < -0.39 is 0 Å². The maximum absolute atomic E-state index is 12.7. The second-order valence-corrected chi connectivity index (χ2v) is 6.15. The molecule has 0 saturated carbocycles. The van der Waals surface area contributed by atoms with Crippen LogP contribution < -0.4 is 5.32 Å². The van der Waals surface area contributed by atoms with E-state index in [9.17, 15) is 9.59 Å². The summed E-state index contributed by atoms with van der Waals surface area (Å²) in [5.74, 6) is 0.356. The van der Waals surface area contributed by atoms with E-state index in [0.717, 1.165) is 30.7 Å². The van der Waals surface area contributed by atoms with Crippen LogP contribution in [-0.4, -0.2) is 35.2 Å². The molecule has 138 valence electrons. The summed E-state index contributed by atoms with van der Waals surface area (Å²) in [5.41, 5.74) is 1.97. The summed E-state index contributed by atoms with van der Waals surface area (Å²) in [5, 5.41) is 6.90. The summed E-state index contributed by atoms with van der Waals surface area (Å²) < 4.78 is 10.4. The molecule has 3 rings (SSSR count). The van der Waals surface area contributed by atoms with Gasteiger partial charge in [-0.25, -0.2) is 9.59 Å². The zero-order valence-electron chi connectivity index (χ0n) is 15.0. The number of carbonyl (C=O) groups is 2. The number of hydrogen-bond donors (Lipinski definition) is 1. The largest absolute Gasteiger partial charge is 0.462 e. The summed E-state index contributed by atoms with van der Waals surface area (Å²) in [4.78, 5) is 26.1. The van der Waals surface area contributed by atoms with E-state index >= 15 is 0 Å². The summed E-state index contributed by atoms with van der Waals surface area (Å²) >= 11 is 0. The van der Waals surface area contributed by atoms with Gasteiger partial charge in [0.15, 0.2) is 5.76 Å². The summed E-state index contributed by atoms with van der Waals surface area (Å²) in [6.07, 6.45) is 2.57. The highest BCUT2D eigenvalue weighted by Crippen LogP contribution is 2.32. The molecule has 2 heterocycles. The molecule has 1 aliphatic rings. The quantitative estimate of drug-likeness (QED) is 0.823. The van der Waals surface area contributed by atoms with E-state index in [1.54, 1.807) is 36.1 Å². The first-order chi connectivity index (χ1) is 12.6. The van der Waals surface area contributed by atoms with Gasteiger partial charge in [0, 0.05) is 18.3 Å². The van der Waals surface area contributed by atoms with Crippen molar-refractivity contribution >= 4 is 17.7 Å². The van der Waals surface area contributed by atoms with Crippen LogP contribution in [0.1, 0.15) is 54.5 Å². The van der Waals surface area contributed by atoms with Gasteiger partial charge in [0.05, 0.1) is 23.9 Å². The standard InChI is InChI=1S/C19H23N3O4/c1-3-14-12-17(26-21-14)16-6-5-11-22(16)19(24)20-15-9-7-13(8-10-15)18(23)25-4-2/h7-10,12,16H,3-6,11H2,1-2H3,(H,20,24)/t16-/m0/s1. The molecular weight excluding hydrogens is 334 g/mol. The van der Waals surface area contributed by atoms with Crippen molar-refractivity contribution in [3.05, 3.63) is 47.3 Å². The molecule has 0 aliphatic carbocycles. The number of nitrogens with zero attached hydrogens (tertiary/aromatic N) is 2. The molecule has 1 atom stereocenters. The lowest BCUT2D eigenvalue weighted by Gasteiger charge is -2.23. The Kier molecular flexibility index (Phi) is 5.55. The van der Waals surface area contributed by atoms with Gasteiger partial charge < -0.3 is 19.5 Å². The van der Waals surface area contributed by atoms with Crippen LogP contribution in [-0.2, 0) is 11.2 Å². The van der Waals surface area contributed by atoms with Crippen molar-refractivity contribution in [2.24, 2.45) is 0 Å². The van der Waals surface area contributed by atoms with Gasteiger partial charge in [-0.2, -0.15) is 0 Å². The number of likely N-dealkylation sites (tertiary alicyclic amines) is 1. The normalized spacial score (nSPS) is 16.5. The number of rotatable bonds is 5. The molecule has 2 aromatic rings. The summed E-state index contributed by atoms with van der Waals surface area (Å²) in [6.45, 7) is 4.77. The van der Waals surface area contributed by atoms with E-state index in [2.05, 4.69) is 10.5 Å². The Morgan fingerprint density at radius 3 is 2.73 bits per heavy atom. The average Bonchev–Trinajstić information content (AvgIpc) is 3.31. The number of esters is 1. The lowest BCUT2D eigenvalue weighted by molar-refractivity contribution is 0.0526. The molecule has 2 amide bonds. The van der Waals surface area contributed by atoms with E-state index in [1.165, 1.54) is 0 Å². The molecule has 0 spiro atoms. The molecule has 0 unspecified atom stereocenters. The number of hydrogen-bond acceptors (Lipinski definition) is 5. The van der Waals surface area contributed by atoms with E-state index in [-0.39, 0.29) is 18.0 Å². The van der Waals surface area contributed by atoms with Crippen LogP contribution in [0.4, 0.5) is 10.5 Å². The number of amides is 2. The van der Waals surface area contributed by atoms with Crippen LogP contribution in [0, 0.1) is 0 Å². The number of urea groups is 1. The van der Waals surface area contributed by atoms with Crippen LogP contribution in [0.25, 0.3) is 0 Å². The second kappa shape index (κ2) is 8.03. The zero-order valence-corrected chi connectivity index (χ0v) is 15.0. The molecule has 1 fully saturated rings. The fourth-order valence-corrected chi connectivity index (χ4v) is 3.06. The molecule has 1 N–H and O–H groups in total. The smallest absolute Gasteiger partial charge is 0.338 e. The fraction of sp³-hybridized carbons (Fsp3) is 0.421. The van der Waals surface area contributed by atoms with Crippen LogP contribution in [0.3, 0.4) is 0 Å². The number of nitrogens with one attached hydrogen (secondary N) is 1. The minimum Gasteiger partial charge on any atom is -0.462 e. The summed E-state index contributed by atoms with van der Waals surface area (Å²) in [6, 6.07) is 8.30. The number of benzene rings is 1. The van der Waals surface area contributed by atoms with Gasteiger partial charge in [-0.3, -0.25) is 0 Å². The van der Waals surface area contributed by atoms with Gasteiger partial charge in [0.2, 0.25) is 0 Å². The van der Waals surface area contributed by atoms with Gasteiger partial charge >= 0.3 is 12.0 Å². The molecular formula is C19H23N3O4. The lowest BCUT2D eigenvalue weighted by Crippen LogP contribution is -2.34. The van der Waals surface area contributed by atoms with Gasteiger partial charge in [0.1, 0.15) is 0 Å². The van der Waals surface area contributed by atoms with Crippen molar-refractivity contribution in [2.45, 2.75) is 39.2 Å². The van der Waals surface area contributed by atoms with E-state index in [4.69, 9.17) is 9.26 Å². The second-order valence-electron chi connectivity index (χ2n) is 6.15. The van der Waals surface area contributed by atoms with Crippen molar-refractivity contribution in [1.29, 1.82) is 0 Å². The topological polar surface area (TPSA) is 84.7 Å². The maximum atomic E-state index is 12.7. The van der Waals surface area contributed by atoms with Gasteiger partial charge in [-0.15, -0.1) is 0 Å². The number of aryl methyl sites for hydroxylation is 1. The predicted octanol–water partition coefficient (Wildman–Crippen LogP) is 3.78. The van der Waals surface area contributed by atoms with Crippen molar-refractivity contribution in [3.63, 3.8) is 0 Å². The molecule has 0 bridgehead atoms. The van der Waals surface area contributed by atoms with Crippen molar-refractivity contribution in [2.75, 3.05) is 18.5 Å². The van der Waals surface area contributed by atoms with E-state index in [1.807, 2.05) is 13.0 Å². The first kappa shape index (κ1) is 18.0. The SMILES string of the molecule is CCOC(=O)c1ccc(NC(=O)N2CCC[C@H]2c2cc(CC)no2)cc1. The van der Waals surface area contributed by atoms with Gasteiger partial charge in [0.25, 0.3) is 0 Å². The lowest BCUT2D eigenvalue weighted by atomic mass is 10.1. The van der Waals surface area contributed by atoms with Crippen molar-refractivity contribution < 1.29 is 18.8 Å². The first-order valence-electron chi connectivity index (χ1n) is 8.92. The molecule has 1 aliphatic heterocycles. The third-order valence-electron chi connectivity index (χ3n) is 4.43. The van der Waals surface area contributed by atoms with Gasteiger partial charge in [-0.05, 0) is 50.5 Å². The Bertz CT molecular complexity index is 769. The highest BCUT2D eigenvalue weighted by molar-refractivity contribution is 5.92. The average molecular weight is 357 g/mol. The molecule has 1 saturated heterocycles. The van der Waals surface area contributed by atoms with Crippen LogP contribution in [0.2, 0.25) is 0 Å². The Balaban J connectivity index is 1.66. The molecule has 7 heteroatoms. The van der Waals surface area contributed by atoms with E-state index in [0.29, 0.717) is 24.4 Å². The zero-order chi connectivity index (χ0) is 18.5. The molecule has 26 heavy (non-hydrogen) atoms.